The Kier molecular flexibility index (Phi) is 15.7. The van der Waals surface area contributed by atoms with Gasteiger partial charge in [-0.1, -0.05) is 62.6 Å². The van der Waals surface area contributed by atoms with Gasteiger partial charge in [0.25, 0.3) is 0 Å². The fraction of sp³-hybridized carbons (Fsp3) is 0.600. The first-order chi connectivity index (χ1) is 12.1. The van der Waals surface area contributed by atoms with Crippen LogP contribution in [0.25, 0.3) is 0 Å². The molecule has 0 aromatic rings. The standard InChI is InChI=1S/C20H33NO4/c1-2-3-4-5-6-7-8-9-10-11-12-13-14-15-16-17-18(22)21-19(23)20(24)25/h3-4,6-7,9-10,19,23H,2,5,8,11-17H2,1H3,(H,21,22)(H,24,25)/b4-3-,7-6-,10-9-/t19-/m0/s1. The number of carboxylic acids is 1. The molecule has 5 heteroatoms. The van der Waals surface area contributed by atoms with E-state index in [4.69, 9.17) is 10.2 Å². The number of carbonyl (C=O) groups excluding carboxylic acids is 1. The normalized spacial score (nSPS) is 13.0. The summed E-state index contributed by atoms with van der Waals surface area (Å²) in [6, 6.07) is 0. The Bertz CT molecular complexity index is 441. The van der Waals surface area contributed by atoms with Gasteiger partial charge in [0, 0.05) is 6.42 Å². The molecule has 0 radical (unpaired) electrons. The van der Waals surface area contributed by atoms with Gasteiger partial charge in [0.1, 0.15) is 0 Å². The Balaban J connectivity index is 3.41. The first-order valence-corrected chi connectivity index (χ1v) is 9.23. The quantitative estimate of drug-likeness (QED) is 0.235. The van der Waals surface area contributed by atoms with E-state index in [1.165, 1.54) is 0 Å². The van der Waals surface area contributed by atoms with Crippen LogP contribution < -0.4 is 5.32 Å². The Morgan fingerprint density at radius 3 is 2.08 bits per heavy atom. The number of amides is 1. The van der Waals surface area contributed by atoms with Gasteiger partial charge in [0.2, 0.25) is 12.1 Å². The first kappa shape index (κ1) is 23.1. The summed E-state index contributed by atoms with van der Waals surface area (Å²) in [5.74, 6) is -1.86. The van der Waals surface area contributed by atoms with Gasteiger partial charge in [-0.05, 0) is 38.5 Å². The number of allylic oxidation sites excluding steroid dienone is 6. The molecule has 142 valence electrons. The number of carboxylic acid groups (broad SMARTS) is 1. The molecule has 0 aromatic carbocycles. The van der Waals surface area contributed by atoms with Crippen molar-refractivity contribution in [2.24, 2.45) is 0 Å². The minimum absolute atomic E-state index is 0.254. The maximum atomic E-state index is 11.3. The maximum Gasteiger partial charge on any atom is 0.353 e. The van der Waals surface area contributed by atoms with Gasteiger partial charge in [-0.3, -0.25) is 4.79 Å². The van der Waals surface area contributed by atoms with E-state index in [9.17, 15) is 9.59 Å². The zero-order valence-electron chi connectivity index (χ0n) is 15.3. The highest BCUT2D eigenvalue weighted by Gasteiger charge is 2.15. The van der Waals surface area contributed by atoms with E-state index in [0.717, 1.165) is 51.4 Å². The third kappa shape index (κ3) is 16.8. The number of aliphatic hydroxyl groups excluding tert-OH is 1. The van der Waals surface area contributed by atoms with Crippen LogP contribution in [0.15, 0.2) is 36.5 Å². The molecule has 1 atom stereocenters. The average molecular weight is 351 g/mol. The highest BCUT2D eigenvalue weighted by Crippen LogP contribution is 2.08. The van der Waals surface area contributed by atoms with E-state index >= 15 is 0 Å². The molecule has 0 fully saturated rings. The van der Waals surface area contributed by atoms with Gasteiger partial charge in [-0.25, -0.2) is 4.79 Å². The summed E-state index contributed by atoms with van der Waals surface area (Å²) in [5.41, 5.74) is 0. The van der Waals surface area contributed by atoms with Crippen LogP contribution >= 0.6 is 0 Å². The van der Waals surface area contributed by atoms with Crippen molar-refractivity contribution in [2.45, 2.75) is 77.4 Å². The van der Waals surface area contributed by atoms with Crippen LogP contribution in [-0.4, -0.2) is 28.3 Å². The lowest BCUT2D eigenvalue weighted by molar-refractivity contribution is -0.151. The molecule has 0 aliphatic carbocycles. The number of aliphatic hydroxyl groups is 1. The largest absolute Gasteiger partial charge is 0.478 e. The smallest absolute Gasteiger partial charge is 0.353 e. The molecule has 0 saturated carbocycles. The van der Waals surface area contributed by atoms with Crippen LogP contribution in [0.4, 0.5) is 0 Å². The van der Waals surface area contributed by atoms with Crippen molar-refractivity contribution < 1.29 is 19.8 Å². The third-order valence-corrected chi connectivity index (χ3v) is 3.59. The van der Waals surface area contributed by atoms with Gasteiger partial charge >= 0.3 is 5.97 Å². The van der Waals surface area contributed by atoms with E-state index in [0.29, 0.717) is 6.42 Å². The molecule has 0 aliphatic rings. The van der Waals surface area contributed by atoms with Gasteiger partial charge in [-0.15, -0.1) is 0 Å². The topological polar surface area (TPSA) is 86.6 Å². The van der Waals surface area contributed by atoms with E-state index in [1.807, 2.05) is 5.32 Å². The predicted molar refractivity (Wildman–Crippen MR) is 101 cm³/mol. The Morgan fingerprint density at radius 1 is 0.880 bits per heavy atom. The van der Waals surface area contributed by atoms with Crippen LogP contribution in [0.1, 0.15) is 71.1 Å². The fourth-order valence-corrected chi connectivity index (χ4v) is 2.19. The summed E-state index contributed by atoms with van der Waals surface area (Å²) >= 11 is 0. The van der Waals surface area contributed by atoms with Crippen molar-refractivity contribution in [1.29, 1.82) is 0 Å². The van der Waals surface area contributed by atoms with E-state index in [2.05, 4.69) is 43.4 Å². The summed E-state index contributed by atoms with van der Waals surface area (Å²) in [6.45, 7) is 2.13. The number of aliphatic carboxylic acids is 1. The van der Waals surface area contributed by atoms with Crippen molar-refractivity contribution in [1.82, 2.24) is 5.32 Å². The van der Waals surface area contributed by atoms with Crippen LogP contribution in [0, 0.1) is 0 Å². The second-order valence-corrected chi connectivity index (χ2v) is 5.91. The monoisotopic (exact) mass is 351 g/mol. The van der Waals surface area contributed by atoms with Gasteiger partial charge < -0.3 is 15.5 Å². The number of carbonyl (C=O) groups is 2. The summed E-state index contributed by atoms with van der Waals surface area (Å²) in [6.07, 6.45) is 20.7. The van der Waals surface area contributed by atoms with Gasteiger partial charge in [0.15, 0.2) is 0 Å². The lowest BCUT2D eigenvalue weighted by atomic mass is 10.1. The number of unbranched alkanes of at least 4 members (excludes halogenated alkanes) is 5. The Hall–Kier alpha value is -1.88. The average Bonchev–Trinajstić information content (AvgIpc) is 2.58. The zero-order valence-corrected chi connectivity index (χ0v) is 15.3. The number of rotatable bonds is 15. The summed E-state index contributed by atoms with van der Waals surface area (Å²) in [4.78, 5) is 21.7. The number of nitrogens with one attached hydrogen (secondary N) is 1. The lowest BCUT2D eigenvalue weighted by Gasteiger charge is -2.07. The minimum Gasteiger partial charge on any atom is -0.478 e. The van der Waals surface area contributed by atoms with Crippen LogP contribution in [-0.2, 0) is 9.59 Å². The Morgan fingerprint density at radius 2 is 1.44 bits per heavy atom. The van der Waals surface area contributed by atoms with Gasteiger partial charge in [-0.2, -0.15) is 0 Å². The molecule has 0 aromatic heterocycles. The number of hydrogen-bond donors (Lipinski definition) is 3. The molecule has 0 bridgehead atoms. The van der Waals surface area contributed by atoms with Crippen molar-refractivity contribution in [3.05, 3.63) is 36.5 Å². The number of hydrogen-bond acceptors (Lipinski definition) is 3. The summed E-state index contributed by atoms with van der Waals surface area (Å²) in [5, 5.41) is 19.5. The summed E-state index contributed by atoms with van der Waals surface area (Å²) < 4.78 is 0. The third-order valence-electron chi connectivity index (χ3n) is 3.59. The molecular weight excluding hydrogens is 318 g/mol. The fourth-order valence-electron chi connectivity index (χ4n) is 2.19. The Labute approximate surface area is 151 Å². The molecular formula is C20H33NO4. The van der Waals surface area contributed by atoms with Crippen LogP contribution in [0.5, 0.6) is 0 Å². The lowest BCUT2D eigenvalue weighted by Crippen LogP contribution is -2.40. The molecule has 0 heterocycles. The molecule has 3 N–H and O–H groups in total. The highest BCUT2D eigenvalue weighted by molar-refractivity contribution is 5.82. The van der Waals surface area contributed by atoms with E-state index in [-0.39, 0.29) is 6.42 Å². The highest BCUT2D eigenvalue weighted by atomic mass is 16.4. The zero-order chi connectivity index (χ0) is 18.8. The molecule has 0 aliphatic heterocycles. The second-order valence-electron chi connectivity index (χ2n) is 5.91. The molecule has 0 spiro atoms. The first-order valence-electron chi connectivity index (χ1n) is 9.23. The molecule has 0 unspecified atom stereocenters. The van der Waals surface area contributed by atoms with E-state index in [1.54, 1.807) is 0 Å². The van der Waals surface area contributed by atoms with Crippen molar-refractivity contribution >= 4 is 11.9 Å². The molecule has 0 rings (SSSR count). The predicted octanol–water partition coefficient (Wildman–Crippen LogP) is 4.10. The minimum atomic E-state index is -1.80. The molecule has 25 heavy (non-hydrogen) atoms. The SMILES string of the molecule is CC/C=C\C/C=C\C/C=C\CCCCCCCC(=O)N[C@@H](O)C(=O)O. The van der Waals surface area contributed by atoms with Gasteiger partial charge in [0.05, 0.1) is 0 Å². The van der Waals surface area contributed by atoms with E-state index < -0.39 is 18.1 Å². The molecule has 1 amide bonds. The second kappa shape index (κ2) is 17.0. The van der Waals surface area contributed by atoms with Crippen LogP contribution in [0.3, 0.4) is 0 Å². The molecule has 0 saturated heterocycles. The summed E-state index contributed by atoms with van der Waals surface area (Å²) in [7, 11) is 0. The van der Waals surface area contributed by atoms with Crippen LogP contribution in [0.2, 0.25) is 0 Å². The van der Waals surface area contributed by atoms with Crippen molar-refractivity contribution in [2.75, 3.05) is 0 Å². The maximum absolute atomic E-state index is 11.3. The molecule has 5 nitrogen and oxygen atoms in total. The van der Waals surface area contributed by atoms with Crippen molar-refractivity contribution in [3.8, 4) is 0 Å². The van der Waals surface area contributed by atoms with Crippen molar-refractivity contribution in [3.63, 3.8) is 0 Å².